The molecule has 1 aliphatic rings. The van der Waals surface area contributed by atoms with Gasteiger partial charge in [-0.2, -0.15) is 0 Å². The molecule has 2 aromatic carbocycles. The topological polar surface area (TPSA) is 126 Å². The molecule has 2 heterocycles. The summed E-state index contributed by atoms with van der Waals surface area (Å²) in [5.74, 6) is 0.0237. The Morgan fingerprint density at radius 2 is 1.94 bits per heavy atom. The van der Waals surface area contributed by atoms with E-state index >= 15 is 0 Å². The molecule has 3 N–H and O–H groups in total. The first-order valence-electron chi connectivity index (χ1n) is 10.6. The van der Waals surface area contributed by atoms with Gasteiger partial charge in [0.1, 0.15) is 5.52 Å². The Labute approximate surface area is 183 Å². The van der Waals surface area contributed by atoms with Crippen LogP contribution in [-0.4, -0.2) is 54.9 Å². The molecular formula is C23H23N5O4. The molecule has 0 spiro atoms. The molecule has 0 radical (unpaired) electrons. The van der Waals surface area contributed by atoms with E-state index in [1.54, 1.807) is 6.20 Å². The summed E-state index contributed by atoms with van der Waals surface area (Å²) in [4.78, 5) is 16.4. The van der Waals surface area contributed by atoms with Crippen molar-refractivity contribution in [3.63, 3.8) is 0 Å². The molecule has 164 valence electrons. The van der Waals surface area contributed by atoms with Crippen molar-refractivity contribution >= 4 is 17.0 Å². The molecule has 32 heavy (non-hydrogen) atoms. The number of para-hydroxylation sites is 2. The number of amides is 1. The van der Waals surface area contributed by atoms with Crippen molar-refractivity contribution in [1.82, 2.24) is 25.3 Å². The van der Waals surface area contributed by atoms with Gasteiger partial charge >= 0.3 is 0 Å². The first kappa shape index (κ1) is 20.3. The zero-order valence-electron chi connectivity index (χ0n) is 17.3. The third-order valence-corrected chi connectivity index (χ3v) is 5.87. The lowest BCUT2D eigenvalue weighted by Gasteiger charge is -2.16. The molecule has 3 atom stereocenters. The monoisotopic (exact) mass is 433 g/mol. The van der Waals surface area contributed by atoms with Crippen LogP contribution in [0.3, 0.4) is 0 Å². The number of hydrogen-bond acceptors (Lipinski definition) is 7. The van der Waals surface area contributed by atoms with E-state index in [0.717, 1.165) is 40.8 Å². The van der Waals surface area contributed by atoms with E-state index < -0.39 is 18.6 Å². The highest BCUT2D eigenvalue weighted by Crippen LogP contribution is 2.34. The molecule has 9 heteroatoms. The maximum Gasteiger partial charge on any atom is 0.251 e. The van der Waals surface area contributed by atoms with Gasteiger partial charge in [-0.15, -0.1) is 5.10 Å². The molecule has 1 fully saturated rings. The lowest BCUT2D eigenvalue weighted by molar-refractivity contribution is -0.131. The third-order valence-electron chi connectivity index (χ3n) is 5.87. The molecular weight excluding hydrogens is 410 g/mol. The summed E-state index contributed by atoms with van der Waals surface area (Å²) in [6.45, 7) is -0.589. The zero-order chi connectivity index (χ0) is 22.1. The van der Waals surface area contributed by atoms with Crippen LogP contribution in [0.2, 0.25) is 0 Å². The highest BCUT2D eigenvalue weighted by Gasteiger charge is 2.30. The van der Waals surface area contributed by atoms with Gasteiger partial charge in [0, 0.05) is 17.2 Å². The number of aromatic nitrogens is 4. The molecule has 1 aliphatic carbocycles. The normalized spacial score (nSPS) is 19.3. The number of aliphatic hydroxyl groups excluding tert-OH is 2. The second-order valence-corrected chi connectivity index (χ2v) is 8.00. The maximum absolute atomic E-state index is 11.8. The fraction of sp³-hybridized carbons (Fsp3) is 0.304. The number of nitrogens with zero attached hydrogens (tertiary/aromatic N) is 4. The quantitative estimate of drug-likeness (QED) is 0.426. The standard InChI is InChI=1S/C23H23N5O4/c29-13-20(30)22(31)25-16-9-10-17(11-16)28-19(12-24-27-28)14-5-7-15(8-6-14)23-26-18-3-1-2-4-21(18)32-23/h1-8,12,16-17,20,29-30H,9-11,13H2,(H,25,31)/t16-,17+,20?/m0/s1. The lowest BCUT2D eigenvalue weighted by Crippen LogP contribution is -2.41. The summed E-state index contributed by atoms with van der Waals surface area (Å²) in [6.07, 6.45) is 2.62. The van der Waals surface area contributed by atoms with Gasteiger partial charge in [-0.05, 0) is 43.5 Å². The summed E-state index contributed by atoms with van der Waals surface area (Å²) in [5, 5.41) is 29.6. The van der Waals surface area contributed by atoms with Crippen molar-refractivity contribution in [2.75, 3.05) is 6.61 Å². The predicted molar refractivity (Wildman–Crippen MR) is 116 cm³/mol. The number of benzene rings is 2. The number of fused-ring (bicyclic) bond motifs is 1. The van der Waals surface area contributed by atoms with E-state index in [9.17, 15) is 9.90 Å². The van der Waals surface area contributed by atoms with Gasteiger partial charge < -0.3 is 19.9 Å². The Hall–Kier alpha value is -3.56. The molecule has 9 nitrogen and oxygen atoms in total. The summed E-state index contributed by atoms with van der Waals surface area (Å²) in [6, 6.07) is 15.6. The van der Waals surface area contributed by atoms with Crippen molar-refractivity contribution in [3.05, 3.63) is 54.7 Å². The minimum absolute atomic E-state index is 0.0766. The minimum atomic E-state index is -1.39. The number of oxazole rings is 1. The maximum atomic E-state index is 11.8. The third kappa shape index (κ3) is 3.88. The molecule has 1 saturated carbocycles. The first-order chi connectivity index (χ1) is 15.6. The van der Waals surface area contributed by atoms with Gasteiger partial charge in [-0.3, -0.25) is 4.79 Å². The van der Waals surface area contributed by atoms with Crippen molar-refractivity contribution in [1.29, 1.82) is 0 Å². The van der Waals surface area contributed by atoms with Gasteiger partial charge in [0.15, 0.2) is 11.7 Å². The van der Waals surface area contributed by atoms with E-state index in [1.807, 2.05) is 53.2 Å². The Morgan fingerprint density at radius 1 is 1.16 bits per heavy atom. The van der Waals surface area contributed by atoms with Crippen LogP contribution in [0.25, 0.3) is 33.8 Å². The fourth-order valence-electron chi connectivity index (χ4n) is 4.19. The van der Waals surface area contributed by atoms with Gasteiger partial charge in [-0.25, -0.2) is 9.67 Å². The number of hydrogen-bond donors (Lipinski definition) is 3. The van der Waals surface area contributed by atoms with Crippen LogP contribution in [0.15, 0.2) is 59.1 Å². The Balaban J connectivity index is 1.32. The average molecular weight is 433 g/mol. The largest absolute Gasteiger partial charge is 0.436 e. The summed E-state index contributed by atoms with van der Waals surface area (Å²) in [5.41, 5.74) is 4.32. The van der Waals surface area contributed by atoms with Crippen molar-refractivity contribution in [2.24, 2.45) is 0 Å². The second kappa shape index (κ2) is 8.52. The van der Waals surface area contributed by atoms with E-state index in [1.165, 1.54) is 0 Å². The van der Waals surface area contributed by atoms with Crippen LogP contribution in [-0.2, 0) is 4.79 Å². The highest BCUT2D eigenvalue weighted by molar-refractivity contribution is 5.81. The highest BCUT2D eigenvalue weighted by atomic mass is 16.3. The average Bonchev–Trinajstić information content (AvgIpc) is 3.57. The lowest BCUT2D eigenvalue weighted by atomic mass is 10.1. The first-order valence-corrected chi connectivity index (χ1v) is 10.6. The number of aliphatic hydroxyl groups is 2. The van der Waals surface area contributed by atoms with Crippen LogP contribution in [0.1, 0.15) is 25.3 Å². The van der Waals surface area contributed by atoms with Crippen LogP contribution in [0.4, 0.5) is 0 Å². The van der Waals surface area contributed by atoms with Gasteiger partial charge in [0.2, 0.25) is 5.89 Å². The molecule has 0 saturated heterocycles. The Kier molecular flexibility index (Phi) is 5.42. The van der Waals surface area contributed by atoms with Crippen LogP contribution < -0.4 is 5.32 Å². The van der Waals surface area contributed by atoms with Crippen molar-refractivity contribution in [2.45, 2.75) is 37.5 Å². The molecule has 5 rings (SSSR count). The summed E-state index contributed by atoms with van der Waals surface area (Å²) in [7, 11) is 0. The number of carbonyl (C=O) groups is 1. The molecule has 1 unspecified atom stereocenters. The molecule has 0 aliphatic heterocycles. The van der Waals surface area contributed by atoms with Crippen LogP contribution >= 0.6 is 0 Å². The van der Waals surface area contributed by atoms with Crippen LogP contribution in [0.5, 0.6) is 0 Å². The van der Waals surface area contributed by atoms with Gasteiger partial charge in [-0.1, -0.05) is 29.5 Å². The van der Waals surface area contributed by atoms with E-state index in [-0.39, 0.29) is 12.1 Å². The predicted octanol–water partition coefficient (Wildman–Crippen LogP) is 2.32. The fourth-order valence-corrected chi connectivity index (χ4v) is 4.19. The molecule has 2 aromatic heterocycles. The second-order valence-electron chi connectivity index (χ2n) is 8.00. The van der Waals surface area contributed by atoms with E-state index in [4.69, 9.17) is 9.52 Å². The Morgan fingerprint density at radius 3 is 2.72 bits per heavy atom. The van der Waals surface area contributed by atoms with E-state index in [0.29, 0.717) is 12.3 Å². The smallest absolute Gasteiger partial charge is 0.251 e. The van der Waals surface area contributed by atoms with E-state index in [2.05, 4.69) is 20.6 Å². The molecule has 0 bridgehead atoms. The number of carbonyl (C=O) groups excluding carboxylic acids is 1. The summed E-state index contributed by atoms with van der Waals surface area (Å²) < 4.78 is 7.74. The van der Waals surface area contributed by atoms with Gasteiger partial charge in [0.05, 0.1) is 24.5 Å². The Bertz CT molecular complexity index is 1200. The van der Waals surface area contributed by atoms with Gasteiger partial charge in [0.25, 0.3) is 5.91 Å². The molecule has 4 aromatic rings. The summed E-state index contributed by atoms with van der Waals surface area (Å²) >= 11 is 0. The SMILES string of the molecule is O=C(N[C@H]1CC[C@@H](n2nncc2-c2ccc(-c3nc4ccccc4o3)cc2)C1)C(O)CO. The van der Waals surface area contributed by atoms with Crippen molar-refractivity contribution in [3.8, 4) is 22.7 Å². The van der Waals surface area contributed by atoms with Crippen molar-refractivity contribution < 1.29 is 19.4 Å². The van der Waals surface area contributed by atoms with Crippen LogP contribution in [0, 0.1) is 0 Å². The zero-order valence-corrected chi connectivity index (χ0v) is 17.3. The number of rotatable bonds is 6. The molecule has 1 amide bonds. The minimum Gasteiger partial charge on any atom is -0.436 e. The number of nitrogens with one attached hydrogen (secondary N) is 1.